The maximum absolute atomic E-state index is 13.9. The van der Waals surface area contributed by atoms with Gasteiger partial charge in [-0.25, -0.2) is 0 Å². The molecule has 0 radical (unpaired) electrons. The van der Waals surface area contributed by atoms with Gasteiger partial charge in [0.05, 0.1) is 0 Å². The Morgan fingerprint density at radius 3 is 1.86 bits per heavy atom. The Kier molecular flexibility index (Phi) is 6.68. The molecule has 1 N–H and O–H groups in total. The SMILES string of the molecule is O=C(N[C@H](Cc1ccccc1)CN1CCN(Cc2ccccc2)CC1)C12CC3CC(CC(C3)C1)C2. The number of benzene rings is 2. The first-order valence-electron chi connectivity index (χ1n) is 14.0. The van der Waals surface area contributed by atoms with Crippen LogP contribution < -0.4 is 5.32 Å². The molecule has 35 heavy (non-hydrogen) atoms. The van der Waals surface area contributed by atoms with Gasteiger partial charge in [0.25, 0.3) is 0 Å². The maximum atomic E-state index is 13.9. The lowest BCUT2D eigenvalue weighted by atomic mass is 9.49. The summed E-state index contributed by atoms with van der Waals surface area (Å²) < 4.78 is 0. The van der Waals surface area contributed by atoms with Gasteiger partial charge in [-0.05, 0) is 73.8 Å². The molecule has 4 heteroatoms. The lowest BCUT2D eigenvalue weighted by Gasteiger charge is -2.56. The molecule has 5 aliphatic rings. The molecule has 5 fully saturated rings. The van der Waals surface area contributed by atoms with Crippen molar-refractivity contribution in [1.29, 1.82) is 0 Å². The Morgan fingerprint density at radius 1 is 0.771 bits per heavy atom. The summed E-state index contributed by atoms with van der Waals surface area (Å²) in [6, 6.07) is 21.7. The number of rotatable bonds is 8. The predicted molar refractivity (Wildman–Crippen MR) is 141 cm³/mol. The summed E-state index contributed by atoms with van der Waals surface area (Å²) in [6.45, 7) is 6.32. The topological polar surface area (TPSA) is 35.6 Å². The fourth-order valence-electron chi connectivity index (χ4n) is 8.07. The molecule has 186 valence electrons. The minimum atomic E-state index is -0.0714. The fraction of sp³-hybridized carbons (Fsp3) is 0.581. The van der Waals surface area contributed by atoms with Gasteiger partial charge in [-0.1, -0.05) is 60.7 Å². The highest BCUT2D eigenvalue weighted by atomic mass is 16.2. The lowest BCUT2D eigenvalue weighted by molar-refractivity contribution is -0.147. The van der Waals surface area contributed by atoms with E-state index >= 15 is 0 Å². The van der Waals surface area contributed by atoms with Crippen LogP contribution in [-0.4, -0.2) is 54.5 Å². The first-order valence-corrected chi connectivity index (χ1v) is 14.0. The fourth-order valence-corrected chi connectivity index (χ4v) is 8.07. The van der Waals surface area contributed by atoms with E-state index in [0.29, 0.717) is 5.91 Å². The Hall–Kier alpha value is -2.17. The Bertz CT molecular complexity index is 948. The second kappa shape index (κ2) is 10.1. The third-order valence-corrected chi connectivity index (χ3v) is 9.37. The highest BCUT2D eigenvalue weighted by molar-refractivity contribution is 5.83. The lowest BCUT2D eigenvalue weighted by Crippen LogP contribution is -2.57. The quantitative estimate of drug-likeness (QED) is 0.604. The Labute approximate surface area is 211 Å². The van der Waals surface area contributed by atoms with Gasteiger partial charge in [-0.15, -0.1) is 0 Å². The van der Waals surface area contributed by atoms with Crippen LogP contribution in [0.4, 0.5) is 0 Å². The molecule has 0 spiro atoms. The first-order chi connectivity index (χ1) is 17.1. The summed E-state index contributed by atoms with van der Waals surface area (Å²) in [5.74, 6) is 2.78. The summed E-state index contributed by atoms with van der Waals surface area (Å²) in [7, 11) is 0. The standard InChI is InChI=1S/C31H41N3O/c35-30(31-19-26-15-27(20-31)17-28(16-26)21-31)32-29(18-24-7-3-1-4-8-24)23-34-13-11-33(12-14-34)22-25-9-5-2-6-10-25/h1-10,26-29H,11-23H2,(H,32,35)/t26?,27?,28?,29-,31?/m1/s1. The molecular weight excluding hydrogens is 430 g/mol. The number of carbonyl (C=O) groups is 1. The Morgan fingerprint density at radius 2 is 1.29 bits per heavy atom. The minimum absolute atomic E-state index is 0.0714. The second-order valence-corrected chi connectivity index (χ2v) is 12.1. The van der Waals surface area contributed by atoms with E-state index in [1.54, 1.807) is 0 Å². The highest BCUT2D eigenvalue weighted by Gasteiger charge is 2.54. The first kappa shape index (κ1) is 23.2. The van der Waals surface area contributed by atoms with E-state index in [0.717, 1.165) is 82.7 Å². The third-order valence-electron chi connectivity index (χ3n) is 9.37. The number of hydrogen-bond acceptors (Lipinski definition) is 3. The maximum Gasteiger partial charge on any atom is 0.226 e. The van der Waals surface area contributed by atoms with Crippen molar-refractivity contribution < 1.29 is 4.79 Å². The minimum Gasteiger partial charge on any atom is -0.351 e. The smallest absolute Gasteiger partial charge is 0.226 e. The van der Waals surface area contributed by atoms with Crippen LogP contribution in [0.1, 0.15) is 49.7 Å². The van der Waals surface area contributed by atoms with E-state index in [1.807, 2.05) is 0 Å². The number of hydrogen-bond donors (Lipinski definition) is 1. The van der Waals surface area contributed by atoms with Gasteiger partial charge in [0, 0.05) is 50.7 Å². The highest BCUT2D eigenvalue weighted by Crippen LogP contribution is 2.60. The van der Waals surface area contributed by atoms with E-state index in [2.05, 4.69) is 75.8 Å². The average Bonchev–Trinajstić information content (AvgIpc) is 2.86. The number of piperazine rings is 1. The summed E-state index contributed by atoms with van der Waals surface area (Å²) in [5, 5.41) is 3.63. The largest absolute Gasteiger partial charge is 0.351 e. The van der Waals surface area contributed by atoms with Crippen molar-refractivity contribution in [3.63, 3.8) is 0 Å². The monoisotopic (exact) mass is 471 g/mol. The molecule has 0 aromatic heterocycles. The number of nitrogens with one attached hydrogen (secondary N) is 1. The normalized spacial score (nSPS) is 31.4. The zero-order valence-corrected chi connectivity index (χ0v) is 21.1. The van der Waals surface area contributed by atoms with Crippen molar-refractivity contribution in [1.82, 2.24) is 15.1 Å². The second-order valence-electron chi connectivity index (χ2n) is 12.1. The van der Waals surface area contributed by atoms with Gasteiger partial charge in [-0.3, -0.25) is 14.6 Å². The van der Waals surface area contributed by atoms with Crippen molar-refractivity contribution in [2.24, 2.45) is 23.2 Å². The van der Waals surface area contributed by atoms with Gasteiger partial charge in [0.2, 0.25) is 5.91 Å². The van der Waals surface area contributed by atoms with Crippen molar-refractivity contribution in [3.05, 3.63) is 71.8 Å². The molecule has 4 bridgehead atoms. The predicted octanol–water partition coefficient (Wildman–Crippen LogP) is 4.75. The van der Waals surface area contributed by atoms with E-state index in [9.17, 15) is 4.79 Å². The van der Waals surface area contributed by atoms with Crippen LogP contribution in [0, 0.1) is 23.2 Å². The molecule has 7 rings (SSSR count). The molecular formula is C31H41N3O. The molecule has 0 unspecified atom stereocenters. The molecule has 1 amide bonds. The summed E-state index contributed by atoms with van der Waals surface area (Å²) in [6.07, 6.45) is 8.49. The van der Waals surface area contributed by atoms with Crippen LogP contribution in [0.5, 0.6) is 0 Å². The zero-order valence-electron chi connectivity index (χ0n) is 21.1. The van der Waals surface area contributed by atoms with Crippen LogP contribution in [0.15, 0.2) is 60.7 Å². The van der Waals surface area contributed by atoms with E-state index in [1.165, 1.54) is 30.4 Å². The van der Waals surface area contributed by atoms with Crippen LogP contribution in [0.2, 0.25) is 0 Å². The van der Waals surface area contributed by atoms with Gasteiger partial charge in [0.1, 0.15) is 0 Å². The molecule has 1 heterocycles. The molecule has 2 aromatic rings. The van der Waals surface area contributed by atoms with E-state index in [4.69, 9.17) is 0 Å². The van der Waals surface area contributed by atoms with Crippen molar-refractivity contribution in [2.75, 3.05) is 32.7 Å². The number of carbonyl (C=O) groups excluding carboxylic acids is 1. The number of nitrogens with zero attached hydrogens (tertiary/aromatic N) is 2. The molecule has 4 nitrogen and oxygen atoms in total. The molecule has 1 aliphatic heterocycles. The van der Waals surface area contributed by atoms with Crippen molar-refractivity contribution in [3.8, 4) is 0 Å². The summed E-state index contributed by atoms with van der Waals surface area (Å²) >= 11 is 0. The van der Waals surface area contributed by atoms with Crippen LogP contribution >= 0.6 is 0 Å². The van der Waals surface area contributed by atoms with Crippen molar-refractivity contribution >= 4 is 5.91 Å². The number of amides is 1. The van der Waals surface area contributed by atoms with Crippen molar-refractivity contribution in [2.45, 2.75) is 57.5 Å². The third kappa shape index (κ3) is 5.34. The molecule has 1 saturated heterocycles. The van der Waals surface area contributed by atoms with Crippen LogP contribution in [-0.2, 0) is 17.8 Å². The molecule has 2 aromatic carbocycles. The Balaban J connectivity index is 1.09. The van der Waals surface area contributed by atoms with Gasteiger partial charge < -0.3 is 5.32 Å². The van der Waals surface area contributed by atoms with E-state index < -0.39 is 0 Å². The van der Waals surface area contributed by atoms with E-state index in [-0.39, 0.29) is 11.5 Å². The van der Waals surface area contributed by atoms with Gasteiger partial charge in [-0.2, -0.15) is 0 Å². The molecule has 4 saturated carbocycles. The average molecular weight is 472 g/mol. The zero-order chi connectivity index (χ0) is 23.7. The summed E-state index contributed by atoms with van der Waals surface area (Å²) in [5.41, 5.74) is 2.65. The summed E-state index contributed by atoms with van der Waals surface area (Å²) in [4.78, 5) is 19.0. The van der Waals surface area contributed by atoms with Gasteiger partial charge >= 0.3 is 0 Å². The van der Waals surface area contributed by atoms with Gasteiger partial charge in [0.15, 0.2) is 0 Å². The van der Waals surface area contributed by atoms with Crippen LogP contribution in [0.25, 0.3) is 0 Å². The molecule has 1 atom stereocenters. The molecule has 4 aliphatic carbocycles. The van der Waals surface area contributed by atoms with Crippen LogP contribution in [0.3, 0.4) is 0 Å².